The highest BCUT2D eigenvalue weighted by molar-refractivity contribution is 7.90. The van der Waals surface area contributed by atoms with E-state index < -0.39 is 26.9 Å². The minimum atomic E-state index is -3.22. The minimum absolute atomic E-state index is 0.0235. The van der Waals surface area contributed by atoms with Gasteiger partial charge in [0.2, 0.25) is 0 Å². The number of ether oxygens (including phenoxy) is 1. The molecule has 3 nitrogen and oxygen atoms in total. The lowest BCUT2D eigenvalue weighted by Crippen LogP contribution is -2.52. The van der Waals surface area contributed by atoms with E-state index in [4.69, 9.17) is 16.3 Å². The molecule has 7 heteroatoms. The Balaban J connectivity index is 1.86. The smallest absolute Gasteiger partial charge is 0.165 e. The highest BCUT2D eigenvalue weighted by atomic mass is 35.5. The van der Waals surface area contributed by atoms with E-state index in [2.05, 4.69) is 0 Å². The zero-order valence-corrected chi connectivity index (χ0v) is 17.7. The second-order valence-corrected chi connectivity index (χ2v) is 11.0. The van der Waals surface area contributed by atoms with Crippen molar-refractivity contribution in [1.29, 1.82) is 0 Å². The van der Waals surface area contributed by atoms with Gasteiger partial charge in [0, 0.05) is 28.2 Å². The molecule has 0 radical (unpaired) electrons. The van der Waals surface area contributed by atoms with Crippen molar-refractivity contribution in [2.45, 2.75) is 31.1 Å². The standard InChI is InChI=1S/C22H23ClF2O3S/c1-29(26,27)13-15-3-2-10-22(11-14-4-6-16(23)7-5-14)17(15)12-28-21-19(25)9-8-18(24)20(21)22/h4-9,15,17H,2-3,10-13H2,1H3/t15-,17-,22-/m0/s1. The first-order valence-electron chi connectivity index (χ1n) is 9.73. The van der Waals surface area contributed by atoms with Crippen LogP contribution in [0.15, 0.2) is 36.4 Å². The molecule has 1 saturated carbocycles. The molecule has 4 rings (SSSR count). The van der Waals surface area contributed by atoms with Gasteiger partial charge in [-0.3, -0.25) is 0 Å². The molecule has 0 bridgehead atoms. The van der Waals surface area contributed by atoms with E-state index in [1.807, 2.05) is 12.1 Å². The molecule has 1 fully saturated rings. The van der Waals surface area contributed by atoms with Crippen molar-refractivity contribution in [2.75, 3.05) is 18.6 Å². The lowest BCUT2D eigenvalue weighted by Gasteiger charge is -2.51. The molecule has 0 unspecified atom stereocenters. The Morgan fingerprint density at radius 3 is 2.52 bits per heavy atom. The van der Waals surface area contributed by atoms with Gasteiger partial charge >= 0.3 is 0 Å². The van der Waals surface area contributed by atoms with Crippen LogP contribution in [0.4, 0.5) is 8.78 Å². The molecule has 2 aromatic rings. The number of hydrogen-bond acceptors (Lipinski definition) is 3. The van der Waals surface area contributed by atoms with E-state index in [1.165, 1.54) is 6.26 Å². The molecule has 1 heterocycles. The molecule has 0 spiro atoms. The SMILES string of the molecule is CS(=O)(=O)C[C@@H]1CCC[C@@]2(Cc3ccc(Cl)cc3)c3c(F)ccc(F)c3OC[C@@H]12. The van der Waals surface area contributed by atoms with Crippen LogP contribution in [0.5, 0.6) is 5.75 Å². The first-order chi connectivity index (χ1) is 13.7. The third-order valence-electron chi connectivity index (χ3n) is 6.39. The van der Waals surface area contributed by atoms with Gasteiger partial charge in [-0.2, -0.15) is 0 Å². The number of halogens is 3. The Bertz CT molecular complexity index is 1020. The number of benzene rings is 2. The Hall–Kier alpha value is -1.66. The van der Waals surface area contributed by atoms with E-state index >= 15 is 4.39 Å². The van der Waals surface area contributed by atoms with Crippen LogP contribution in [0.3, 0.4) is 0 Å². The van der Waals surface area contributed by atoms with Crippen molar-refractivity contribution >= 4 is 21.4 Å². The Morgan fingerprint density at radius 2 is 1.83 bits per heavy atom. The summed E-state index contributed by atoms with van der Waals surface area (Å²) in [5.74, 6) is -1.47. The van der Waals surface area contributed by atoms with Crippen molar-refractivity contribution in [1.82, 2.24) is 0 Å². The summed E-state index contributed by atoms with van der Waals surface area (Å²) >= 11 is 6.02. The molecule has 0 aromatic heterocycles. The molecule has 3 atom stereocenters. The fraction of sp³-hybridized carbons (Fsp3) is 0.455. The summed E-state index contributed by atoms with van der Waals surface area (Å²) in [6.45, 7) is 0.182. The van der Waals surface area contributed by atoms with Gasteiger partial charge < -0.3 is 4.74 Å². The molecule has 1 aliphatic heterocycles. The van der Waals surface area contributed by atoms with E-state index in [1.54, 1.807) is 12.1 Å². The maximum Gasteiger partial charge on any atom is 0.165 e. The third kappa shape index (κ3) is 3.89. The first-order valence-corrected chi connectivity index (χ1v) is 12.2. The molecule has 2 aliphatic rings. The molecule has 0 saturated heterocycles. The van der Waals surface area contributed by atoms with Gasteiger partial charge in [0.15, 0.2) is 11.6 Å². The lowest BCUT2D eigenvalue weighted by atomic mass is 9.56. The summed E-state index contributed by atoms with van der Waals surface area (Å²) in [6.07, 6.45) is 3.83. The fourth-order valence-electron chi connectivity index (χ4n) is 5.30. The highest BCUT2D eigenvalue weighted by Crippen LogP contribution is 2.55. The van der Waals surface area contributed by atoms with Gasteiger partial charge in [0.05, 0.1) is 12.4 Å². The molecule has 156 valence electrons. The van der Waals surface area contributed by atoms with Crippen LogP contribution in [0, 0.1) is 23.5 Å². The highest BCUT2D eigenvalue weighted by Gasteiger charge is 2.53. The maximum absolute atomic E-state index is 15.1. The van der Waals surface area contributed by atoms with E-state index in [0.717, 1.165) is 30.5 Å². The van der Waals surface area contributed by atoms with Crippen molar-refractivity contribution in [2.24, 2.45) is 11.8 Å². The Labute approximate surface area is 174 Å². The largest absolute Gasteiger partial charge is 0.490 e. The summed E-state index contributed by atoms with van der Waals surface area (Å²) < 4.78 is 59.5. The van der Waals surface area contributed by atoms with Gasteiger partial charge in [-0.25, -0.2) is 17.2 Å². The zero-order valence-electron chi connectivity index (χ0n) is 16.1. The Morgan fingerprint density at radius 1 is 1.14 bits per heavy atom. The van der Waals surface area contributed by atoms with Crippen molar-refractivity contribution in [3.63, 3.8) is 0 Å². The topological polar surface area (TPSA) is 43.4 Å². The fourth-order valence-corrected chi connectivity index (χ4v) is 6.60. The molecular formula is C22H23ClF2O3S. The zero-order chi connectivity index (χ0) is 20.8. The predicted octanol–water partition coefficient (Wildman–Crippen LogP) is 4.95. The van der Waals surface area contributed by atoms with Crippen molar-refractivity contribution in [3.8, 4) is 5.75 Å². The number of hydrogen-bond donors (Lipinski definition) is 0. The molecule has 2 aromatic carbocycles. The van der Waals surface area contributed by atoms with Crippen LogP contribution in [0.2, 0.25) is 5.02 Å². The summed E-state index contributed by atoms with van der Waals surface area (Å²) in [4.78, 5) is 0. The third-order valence-corrected chi connectivity index (χ3v) is 7.68. The first kappa shape index (κ1) is 20.6. The number of rotatable bonds is 4. The van der Waals surface area contributed by atoms with Crippen LogP contribution in [0.25, 0.3) is 0 Å². The average Bonchev–Trinajstić information content (AvgIpc) is 2.65. The van der Waals surface area contributed by atoms with Gasteiger partial charge in [0.1, 0.15) is 15.7 Å². The van der Waals surface area contributed by atoms with Crippen LogP contribution >= 0.6 is 11.6 Å². The second kappa shape index (κ2) is 7.55. The van der Waals surface area contributed by atoms with E-state index in [0.29, 0.717) is 17.9 Å². The predicted molar refractivity (Wildman–Crippen MR) is 109 cm³/mol. The quantitative estimate of drug-likeness (QED) is 0.675. The van der Waals surface area contributed by atoms with Gasteiger partial charge in [-0.15, -0.1) is 0 Å². The summed E-state index contributed by atoms with van der Waals surface area (Å²) in [5.41, 5.74) is 0.485. The molecule has 29 heavy (non-hydrogen) atoms. The van der Waals surface area contributed by atoms with Crippen molar-refractivity contribution in [3.05, 3.63) is 64.2 Å². The number of sulfone groups is 1. The summed E-state index contributed by atoms with van der Waals surface area (Å²) in [7, 11) is -3.22. The summed E-state index contributed by atoms with van der Waals surface area (Å²) in [6, 6.07) is 9.56. The van der Waals surface area contributed by atoms with Crippen LogP contribution in [-0.4, -0.2) is 27.0 Å². The van der Waals surface area contributed by atoms with Crippen LogP contribution < -0.4 is 4.74 Å². The molecular weight excluding hydrogens is 418 g/mol. The minimum Gasteiger partial charge on any atom is -0.490 e. The van der Waals surface area contributed by atoms with E-state index in [-0.39, 0.29) is 35.5 Å². The van der Waals surface area contributed by atoms with Gasteiger partial charge in [-0.05, 0) is 55.0 Å². The van der Waals surface area contributed by atoms with Crippen molar-refractivity contribution < 1.29 is 21.9 Å². The Kier molecular flexibility index (Phi) is 5.36. The lowest BCUT2D eigenvalue weighted by molar-refractivity contribution is 0.0413. The van der Waals surface area contributed by atoms with Crippen LogP contribution in [-0.2, 0) is 21.7 Å². The molecule has 0 N–H and O–H groups in total. The molecule has 1 aliphatic carbocycles. The normalized spacial score (nSPS) is 26.3. The maximum atomic E-state index is 15.1. The monoisotopic (exact) mass is 440 g/mol. The van der Waals surface area contributed by atoms with Gasteiger partial charge in [0.25, 0.3) is 0 Å². The average molecular weight is 441 g/mol. The summed E-state index contributed by atoms with van der Waals surface area (Å²) in [5, 5.41) is 0.603. The second-order valence-electron chi connectivity index (χ2n) is 8.35. The van der Waals surface area contributed by atoms with E-state index in [9.17, 15) is 12.8 Å². The molecule has 0 amide bonds. The van der Waals surface area contributed by atoms with Crippen LogP contribution in [0.1, 0.15) is 30.4 Å². The van der Waals surface area contributed by atoms with Gasteiger partial charge in [-0.1, -0.05) is 30.2 Å². The number of fused-ring (bicyclic) bond motifs is 3.